The Labute approximate surface area is 163 Å². The largest absolute Gasteiger partial charge is 0.444 e. The Hall–Kier alpha value is -1.38. The lowest BCUT2D eigenvalue weighted by atomic mass is 9.90. The second-order valence-electron chi connectivity index (χ2n) is 9.57. The Morgan fingerprint density at radius 1 is 1.30 bits per heavy atom. The quantitative estimate of drug-likeness (QED) is 0.588. The summed E-state index contributed by atoms with van der Waals surface area (Å²) >= 11 is 0. The molecule has 1 saturated heterocycles. The number of carbonyl (C=O) groups excluding carboxylic acids is 1. The molecule has 1 N–H and O–H groups in total. The summed E-state index contributed by atoms with van der Waals surface area (Å²) in [6.07, 6.45) is 4.05. The zero-order chi connectivity index (χ0) is 20.3. The molecule has 2 heterocycles. The summed E-state index contributed by atoms with van der Waals surface area (Å²) in [5.74, 6) is 0.611. The predicted octanol–water partition coefficient (Wildman–Crippen LogP) is 3.41. The van der Waals surface area contributed by atoms with Gasteiger partial charge in [-0.05, 0) is 26.8 Å². The third-order valence-corrected chi connectivity index (χ3v) is 6.30. The highest BCUT2D eigenvalue weighted by Crippen LogP contribution is 2.32. The van der Waals surface area contributed by atoms with Crippen molar-refractivity contribution in [2.45, 2.75) is 77.2 Å². The maximum absolute atomic E-state index is 12.2. The van der Waals surface area contributed by atoms with Gasteiger partial charge < -0.3 is 24.0 Å². The molecule has 0 bridgehead atoms. The van der Waals surface area contributed by atoms with Gasteiger partial charge in [0.25, 0.3) is 0 Å². The first-order valence-electron chi connectivity index (χ1n) is 9.69. The number of carbonyl (C=O) groups is 1. The Kier molecular flexibility index (Phi) is 6.75. The molecule has 154 valence electrons. The lowest BCUT2D eigenvalue weighted by molar-refractivity contribution is -0.0467. The van der Waals surface area contributed by atoms with Gasteiger partial charge in [0.1, 0.15) is 23.8 Å². The fourth-order valence-electron chi connectivity index (χ4n) is 2.97. The van der Waals surface area contributed by atoms with Crippen molar-refractivity contribution in [1.29, 1.82) is 0 Å². The van der Waals surface area contributed by atoms with Crippen LogP contribution in [0.15, 0.2) is 12.4 Å². The fraction of sp³-hybridized carbons (Fsp3) is 0.789. The zero-order valence-electron chi connectivity index (χ0n) is 17.6. The second kappa shape index (κ2) is 8.32. The van der Waals surface area contributed by atoms with E-state index in [0.717, 1.165) is 12.7 Å². The number of likely N-dealkylation sites (tertiary alicyclic amines) is 1. The van der Waals surface area contributed by atoms with Gasteiger partial charge in [-0.3, -0.25) is 0 Å². The van der Waals surface area contributed by atoms with Crippen LogP contribution in [-0.2, 0) is 21.8 Å². The molecule has 0 aliphatic carbocycles. The molecule has 0 spiro atoms. The van der Waals surface area contributed by atoms with Crippen LogP contribution in [0, 0.1) is 0 Å². The van der Waals surface area contributed by atoms with E-state index in [1.165, 1.54) is 0 Å². The van der Waals surface area contributed by atoms with E-state index in [1.807, 2.05) is 31.5 Å². The van der Waals surface area contributed by atoms with E-state index in [-0.39, 0.29) is 6.09 Å². The van der Waals surface area contributed by atoms with Crippen LogP contribution in [0.5, 0.6) is 0 Å². The molecule has 27 heavy (non-hydrogen) atoms. The molecule has 0 atom stereocenters. The molecular weight excluding hydrogens is 362 g/mol. The Balaban J connectivity index is 1.92. The monoisotopic (exact) mass is 397 g/mol. The summed E-state index contributed by atoms with van der Waals surface area (Å²) in [7, 11) is -1.12. The topological polar surface area (TPSA) is 76.8 Å². The number of hydrogen-bond donors (Lipinski definition) is 1. The molecule has 0 saturated carbocycles. The molecule has 8 heteroatoms. The van der Waals surface area contributed by atoms with Crippen LogP contribution < -0.4 is 0 Å². The van der Waals surface area contributed by atoms with Gasteiger partial charge in [0.15, 0.2) is 0 Å². The van der Waals surface area contributed by atoms with Gasteiger partial charge in [0, 0.05) is 53.0 Å². The first-order valence-corrected chi connectivity index (χ1v) is 13.4. The Morgan fingerprint density at radius 2 is 1.93 bits per heavy atom. The molecule has 0 radical (unpaired) electrons. The number of hydrogen-bond acceptors (Lipinski definition) is 5. The first-order chi connectivity index (χ1) is 12.4. The standard InChI is InChI=1S/C19H35N3O4Si/c1-18(2,3)26-17(23)21-10-7-19(24,8-11-21)16-20-9-12-22(16)15-25-13-14-27(4,5)6/h9,12,24H,7-8,10-11,13-15H2,1-6H3. The zero-order valence-corrected chi connectivity index (χ0v) is 18.6. The van der Waals surface area contributed by atoms with Gasteiger partial charge in [0.2, 0.25) is 0 Å². The smallest absolute Gasteiger partial charge is 0.410 e. The molecule has 1 aliphatic heterocycles. The van der Waals surface area contributed by atoms with Gasteiger partial charge >= 0.3 is 6.09 Å². The third-order valence-electron chi connectivity index (χ3n) is 4.60. The van der Waals surface area contributed by atoms with E-state index in [4.69, 9.17) is 9.47 Å². The van der Waals surface area contributed by atoms with Crippen molar-refractivity contribution >= 4 is 14.2 Å². The highest BCUT2D eigenvalue weighted by molar-refractivity contribution is 6.76. The second-order valence-corrected chi connectivity index (χ2v) is 15.2. The number of imidazole rings is 1. The molecule has 7 nitrogen and oxygen atoms in total. The number of piperidine rings is 1. The van der Waals surface area contributed by atoms with E-state index in [9.17, 15) is 9.90 Å². The SMILES string of the molecule is CC(C)(C)OC(=O)N1CCC(O)(c2nccn2COCC[Si](C)(C)C)CC1. The number of aromatic nitrogens is 2. The van der Waals surface area contributed by atoms with Crippen molar-refractivity contribution in [2.24, 2.45) is 0 Å². The summed E-state index contributed by atoms with van der Waals surface area (Å²) in [5.41, 5.74) is -1.57. The van der Waals surface area contributed by atoms with Crippen LogP contribution in [0.2, 0.25) is 25.7 Å². The summed E-state index contributed by atoms with van der Waals surface area (Å²) in [6, 6.07) is 1.10. The van der Waals surface area contributed by atoms with E-state index in [0.29, 0.717) is 38.5 Å². The van der Waals surface area contributed by atoms with E-state index in [2.05, 4.69) is 24.6 Å². The minimum absolute atomic E-state index is 0.331. The maximum Gasteiger partial charge on any atom is 0.410 e. The van der Waals surface area contributed by atoms with Gasteiger partial charge in [-0.2, -0.15) is 0 Å². The lowest BCUT2D eigenvalue weighted by Crippen LogP contribution is -2.47. The van der Waals surface area contributed by atoms with Gasteiger partial charge in [-0.1, -0.05) is 19.6 Å². The third kappa shape index (κ3) is 6.62. The van der Waals surface area contributed by atoms with Crippen LogP contribution in [-0.4, -0.2) is 59.0 Å². The number of rotatable bonds is 6. The molecule has 1 aromatic heterocycles. The van der Waals surface area contributed by atoms with Crippen molar-refractivity contribution < 1.29 is 19.4 Å². The molecule has 1 aliphatic rings. The molecule has 1 aromatic rings. The van der Waals surface area contributed by atoms with Crippen molar-refractivity contribution in [3.63, 3.8) is 0 Å². The summed E-state index contributed by atoms with van der Waals surface area (Å²) < 4.78 is 13.1. The van der Waals surface area contributed by atoms with Crippen LogP contribution in [0.25, 0.3) is 0 Å². The Bertz CT molecular complexity index is 626. The van der Waals surface area contributed by atoms with E-state index in [1.54, 1.807) is 11.1 Å². The molecule has 2 rings (SSSR count). The van der Waals surface area contributed by atoms with Crippen molar-refractivity contribution in [1.82, 2.24) is 14.5 Å². The number of amides is 1. The van der Waals surface area contributed by atoms with Gasteiger partial charge in [-0.15, -0.1) is 0 Å². The minimum Gasteiger partial charge on any atom is -0.444 e. The number of ether oxygens (including phenoxy) is 2. The summed E-state index contributed by atoms with van der Waals surface area (Å²) in [6.45, 7) is 14.5. The number of aliphatic hydroxyl groups is 1. The number of nitrogens with zero attached hydrogens (tertiary/aromatic N) is 3. The van der Waals surface area contributed by atoms with Crippen molar-refractivity contribution in [3.8, 4) is 0 Å². The van der Waals surface area contributed by atoms with Crippen LogP contribution >= 0.6 is 0 Å². The van der Waals surface area contributed by atoms with Gasteiger partial charge in [-0.25, -0.2) is 9.78 Å². The normalized spacial score (nSPS) is 17.8. The van der Waals surface area contributed by atoms with Crippen molar-refractivity contribution in [2.75, 3.05) is 19.7 Å². The fourth-order valence-corrected chi connectivity index (χ4v) is 3.73. The molecule has 0 aromatic carbocycles. The predicted molar refractivity (Wildman–Crippen MR) is 107 cm³/mol. The van der Waals surface area contributed by atoms with E-state index < -0.39 is 19.3 Å². The highest BCUT2D eigenvalue weighted by Gasteiger charge is 2.39. The summed E-state index contributed by atoms with van der Waals surface area (Å²) in [5, 5.41) is 11.1. The van der Waals surface area contributed by atoms with Crippen molar-refractivity contribution in [3.05, 3.63) is 18.2 Å². The Morgan fingerprint density at radius 3 is 2.48 bits per heavy atom. The average molecular weight is 398 g/mol. The highest BCUT2D eigenvalue weighted by atomic mass is 28.3. The van der Waals surface area contributed by atoms with Crippen LogP contribution in [0.3, 0.4) is 0 Å². The average Bonchev–Trinajstić information content (AvgIpc) is 2.99. The van der Waals surface area contributed by atoms with Gasteiger partial charge in [0.05, 0.1) is 0 Å². The molecule has 1 amide bonds. The minimum atomic E-state index is -1.12. The van der Waals surface area contributed by atoms with Crippen LogP contribution in [0.4, 0.5) is 4.79 Å². The lowest BCUT2D eigenvalue weighted by Gasteiger charge is -2.38. The molecule has 0 unspecified atom stereocenters. The summed E-state index contributed by atoms with van der Waals surface area (Å²) in [4.78, 5) is 18.2. The molecule has 1 fully saturated rings. The first kappa shape index (κ1) is 21.9. The van der Waals surface area contributed by atoms with Crippen LogP contribution in [0.1, 0.15) is 39.4 Å². The van der Waals surface area contributed by atoms with E-state index >= 15 is 0 Å². The molecular formula is C19H35N3O4Si. The maximum atomic E-state index is 12.2.